The maximum absolute atomic E-state index is 12.0. The van der Waals surface area contributed by atoms with Crippen molar-refractivity contribution in [3.05, 3.63) is 40.0 Å². The molecular formula is C16H17ClN4O. The number of hydrogen-bond donors (Lipinski definition) is 1. The van der Waals surface area contributed by atoms with Crippen LogP contribution in [0.1, 0.15) is 30.2 Å². The Hall–Kier alpha value is -2.14. The highest BCUT2D eigenvalue weighted by molar-refractivity contribution is 6.30. The summed E-state index contributed by atoms with van der Waals surface area (Å²) in [6.07, 6.45) is 0.478. The van der Waals surface area contributed by atoms with Crippen molar-refractivity contribution in [1.82, 2.24) is 14.9 Å². The fourth-order valence-electron chi connectivity index (χ4n) is 2.79. The second kappa shape index (κ2) is 5.57. The van der Waals surface area contributed by atoms with Gasteiger partial charge in [0.05, 0.1) is 24.5 Å². The molecule has 0 unspecified atom stereocenters. The van der Waals surface area contributed by atoms with Crippen molar-refractivity contribution in [1.29, 1.82) is 0 Å². The molecular weight excluding hydrogens is 300 g/mol. The van der Waals surface area contributed by atoms with E-state index >= 15 is 0 Å². The fraction of sp³-hybridized carbons (Fsp3) is 0.312. The van der Waals surface area contributed by atoms with Crippen LogP contribution in [-0.4, -0.2) is 20.8 Å². The highest BCUT2D eigenvalue weighted by atomic mass is 35.5. The molecule has 1 aliphatic heterocycles. The number of fused-ring (bicyclic) bond motifs is 1. The standard InChI is InChI=1S/C16H17ClN4O/c1-3-14(22)21-7-12-13(8-21)19-16(18)20-15(12)11-5-4-10(17)6-9(11)2/h4-6H,3,7-8H2,1-2H3,(H2,18,19,20). The molecule has 0 fully saturated rings. The third kappa shape index (κ3) is 2.52. The fourth-order valence-corrected chi connectivity index (χ4v) is 3.02. The molecule has 2 N–H and O–H groups in total. The van der Waals surface area contributed by atoms with Crippen LogP contribution in [0.15, 0.2) is 18.2 Å². The molecule has 0 saturated carbocycles. The molecule has 0 saturated heterocycles. The predicted octanol–water partition coefficient (Wildman–Crippen LogP) is 2.94. The number of anilines is 1. The molecule has 22 heavy (non-hydrogen) atoms. The molecule has 0 radical (unpaired) electrons. The van der Waals surface area contributed by atoms with Gasteiger partial charge in [-0.1, -0.05) is 24.6 Å². The Bertz CT molecular complexity index is 760. The molecule has 0 aliphatic carbocycles. The number of halogens is 1. The number of carbonyl (C=O) groups is 1. The number of aromatic nitrogens is 2. The summed E-state index contributed by atoms with van der Waals surface area (Å²) >= 11 is 6.03. The minimum atomic E-state index is 0.107. The van der Waals surface area contributed by atoms with Crippen molar-refractivity contribution >= 4 is 23.5 Å². The Morgan fingerprint density at radius 3 is 2.82 bits per heavy atom. The topological polar surface area (TPSA) is 72.1 Å². The van der Waals surface area contributed by atoms with Crippen LogP contribution in [-0.2, 0) is 17.9 Å². The third-order valence-electron chi connectivity index (χ3n) is 3.90. The van der Waals surface area contributed by atoms with E-state index in [1.165, 1.54) is 0 Å². The molecule has 5 nitrogen and oxygen atoms in total. The van der Waals surface area contributed by atoms with E-state index in [-0.39, 0.29) is 11.9 Å². The summed E-state index contributed by atoms with van der Waals surface area (Å²) in [4.78, 5) is 22.5. The van der Waals surface area contributed by atoms with Crippen molar-refractivity contribution in [3.63, 3.8) is 0 Å². The van der Waals surface area contributed by atoms with E-state index in [4.69, 9.17) is 17.3 Å². The predicted molar refractivity (Wildman–Crippen MR) is 86.2 cm³/mol. The average molecular weight is 317 g/mol. The number of amides is 1. The Kier molecular flexibility index (Phi) is 3.74. The Morgan fingerprint density at radius 1 is 1.36 bits per heavy atom. The Labute approximate surface area is 134 Å². The van der Waals surface area contributed by atoms with Crippen molar-refractivity contribution in [2.75, 3.05) is 5.73 Å². The van der Waals surface area contributed by atoms with E-state index in [0.29, 0.717) is 24.5 Å². The molecule has 0 atom stereocenters. The maximum atomic E-state index is 12.0. The summed E-state index contributed by atoms with van der Waals surface area (Å²) in [6, 6.07) is 5.66. The van der Waals surface area contributed by atoms with Gasteiger partial charge in [0.2, 0.25) is 11.9 Å². The van der Waals surface area contributed by atoms with E-state index in [0.717, 1.165) is 28.1 Å². The number of nitrogens with zero attached hydrogens (tertiary/aromatic N) is 3. The van der Waals surface area contributed by atoms with Crippen molar-refractivity contribution in [2.24, 2.45) is 0 Å². The molecule has 2 heterocycles. The molecule has 6 heteroatoms. The zero-order valence-electron chi connectivity index (χ0n) is 12.6. The normalized spacial score (nSPS) is 13.3. The largest absolute Gasteiger partial charge is 0.368 e. The van der Waals surface area contributed by atoms with Crippen LogP contribution in [0.25, 0.3) is 11.3 Å². The zero-order valence-corrected chi connectivity index (χ0v) is 13.3. The van der Waals surface area contributed by atoms with E-state index in [1.807, 2.05) is 32.0 Å². The van der Waals surface area contributed by atoms with Gasteiger partial charge < -0.3 is 10.6 Å². The van der Waals surface area contributed by atoms with Crippen molar-refractivity contribution < 1.29 is 4.79 Å². The number of carbonyl (C=O) groups excluding carboxylic acids is 1. The summed E-state index contributed by atoms with van der Waals surface area (Å²) in [5, 5.41) is 0.683. The molecule has 0 bridgehead atoms. The minimum absolute atomic E-state index is 0.107. The second-order valence-corrected chi connectivity index (χ2v) is 5.85. The molecule has 3 rings (SSSR count). The quantitative estimate of drug-likeness (QED) is 0.924. The monoisotopic (exact) mass is 316 g/mol. The first-order valence-electron chi connectivity index (χ1n) is 7.19. The molecule has 1 aliphatic rings. The van der Waals surface area contributed by atoms with Crippen LogP contribution < -0.4 is 5.73 Å². The highest BCUT2D eigenvalue weighted by Crippen LogP contribution is 2.33. The highest BCUT2D eigenvalue weighted by Gasteiger charge is 2.28. The van der Waals surface area contributed by atoms with Crippen molar-refractivity contribution in [3.8, 4) is 11.3 Å². The first-order valence-corrected chi connectivity index (χ1v) is 7.57. The molecule has 2 aromatic rings. The van der Waals surface area contributed by atoms with Gasteiger partial charge in [-0.25, -0.2) is 9.97 Å². The lowest BCUT2D eigenvalue weighted by Crippen LogP contribution is -2.24. The van der Waals surface area contributed by atoms with Gasteiger partial charge >= 0.3 is 0 Å². The first kappa shape index (κ1) is 14.8. The minimum Gasteiger partial charge on any atom is -0.368 e. The van der Waals surface area contributed by atoms with Gasteiger partial charge in [-0.15, -0.1) is 0 Å². The van der Waals surface area contributed by atoms with E-state index in [1.54, 1.807) is 4.90 Å². The summed E-state index contributed by atoms with van der Waals surface area (Å²) in [5.41, 5.74) is 10.4. The lowest BCUT2D eigenvalue weighted by Gasteiger charge is -2.14. The number of nitrogen functional groups attached to an aromatic ring is 1. The lowest BCUT2D eigenvalue weighted by molar-refractivity contribution is -0.131. The van der Waals surface area contributed by atoms with Crippen LogP contribution >= 0.6 is 11.6 Å². The summed E-state index contributed by atoms with van der Waals surface area (Å²) in [7, 11) is 0. The number of hydrogen-bond acceptors (Lipinski definition) is 4. The van der Waals surface area contributed by atoms with Gasteiger partial charge in [0.25, 0.3) is 0 Å². The number of nitrogens with two attached hydrogens (primary N) is 1. The van der Waals surface area contributed by atoms with Gasteiger partial charge in [0.1, 0.15) is 0 Å². The SMILES string of the molecule is CCC(=O)N1Cc2nc(N)nc(-c3ccc(Cl)cc3C)c2C1. The number of aryl methyl sites for hydroxylation is 1. The van der Waals surface area contributed by atoms with Crippen LogP contribution in [0.4, 0.5) is 5.95 Å². The van der Waals surface area contributed by atoms with Gasteiger partial charge in [-0.3, -0.25) is 4.79 Å². The van der Waals surface area contributed by atoms with E-state index < -0.39 is 0 Å². The summed E-state index contributed by atoms with van der Waals surface area (Å²) in [6.45, 7) is 4.86. The van der Waals surface area contributed by atoms with E-state index in [9.17, 15) is 4.79 Å². The number of rotatable bonds is 2. The number of benzene rings is 1. The second-order valence-electron chi connectivity index (χ2n) is 5.42. The van der Waals surface area contributed by atoms with Gasteiger partial charge in [-0.05, 0) is 24.6 Å². The smallest absolute Gasteiger partial charge is 0.222 e. The lowest BCUT2D eigenvalue weighted by atomic mass is 10.0. The van der Waals surface area contributed by atoms with Crippen LogP contribution in [0.5, 0.6) is 0 Å². The van der Waals surface area contributed by atoms with E-state index in [2.05, 4.69) is 9.97 Å². The molecule has 1 aromatic heterocycles. The molecule has 1 amide bonds. The Balaban J connectivity index is 2.10. The summed E-state index contributed by atoms with van der Waals surface area (Å²) in [5.74, 6) is 0.337. The van der Waals surface area contributed by atoms with Crippen molar-refractivity contribution in [2.45, 2.75) is 33.4 Å². The molecule has 1 aromatic carbocycles. The molecule has 0 spiro atoms. The molecule has 114 valence electrons. The van der Waals surface area contributed by atoms with Gasteiger partial charge in [-0.2, -0.15) is 0 Å². The zero-order chi connectivity index (χ0) is 15.9. The average Bonchev–Trinajstić information content (AvgIpc) is 2.89. The maximum Gasteiger partial charge on any atom is 0.222 e. The van der Waals surface area contributed by atoms with Crippen LogP contribution in [0.3, 0.4) is 0 Å². The van der Waals surface area contributed by atoms with Crippen LogP contribution in [0, 0.1) is 6.92 Å². The Morgan fingerprint density at radius 2 is 2.14 bits per heavy atom. The first-order chi connectivity index (χ1) is 10.5. The van der Waals surface area contributed by atoms with Gasteiger partial charge in [0, 0.05) is 22.6 Å². The van der Waals surface area contributed by atoms with Gasteiger partial charge in [0.15, 0.2) is 0 Å². The third-order valence-corrected chi connectivity index (χ3v) is 4.13. The summed E-state index contributed by atoms with van der Waals surface area (Å²) < 4.78 is 0. The van der Waals surface area contributed by atoms with Crippen LogP contribution in [0.2, 0.25) is 5.02 Å².